The van der Waals surface area contributed by atoms with Crippen LogP contribution in [0.1, 0.15) is 52.2 Å². The zero-order valence-corrected chi connectivity index (χ0v) is 15.1. The lowest BCUT2D eigenvalue weighted by Gasteiger charge is -2.23. The Kier molecular flexibility index (Phi) is 4.83. The second-order valence-electron chi connectivity index (χ2n) is 7.57. The van der Waals surface area contributed by atoms with E-state index in [0.717, 1.165) is 23.3 Å². The van der Waals surface area contributed by atoms with E-state index in [-0.39, 0.29) is 18.2 Å². The minimum Gasteiger partial charge on any atom is -0.319 e. The first-order valence-corrected chi connectivity index (χ1v) is 8.36. The van der Waals surface area contributed by atoms with Crippen LogP contribution in [-0.4, -0.2) is 29.2 Å². The van der Waals surface area contributed by atoms with Crippen LogP contribution in [0.15, 0.2) is 24.3 Å². The Bertz CT molecular complexity index is 658. The average Bonchev–Trinajstić information content (AvgIpc) is 2.71. The predicted octanol–water partition coefficient (Wildman–Crippen LogP) is 3.02. The number of Topliss-reactive ketones (excluding diaryl/α,β-unsaturated/α-hetero) is 1. The third-order valence-corrected chi connectivity index (χ3v) is 4.48. The van der Waals surface area contributed by atoms with E-state index in [1.54, 1.807) is 27.7 Å². The number of nitrogens with zero attached hydrogens (tertiary/aromatic N) is 1. The van der Waals surface area contributed by atoms with Gasteiger partial charge in [-0.05, 0) is 24.5 Å². The van der Waals surface area contributed by atoms with Gasteiger partial charge in [-0.2, -0.15) is 0 Å². The monoisotopic (exact) mass is 330 g/mol. The van der Waals surface area contributed by atoms with Gasteiger partial charge in [0.2, 0.25) is 0 Å². The molecule has 0 radical (unpaired) electrons. The first kappa shape index (κ1) is 18.2. The van der Waals surface area contributed by atoms with Gasteiger partial charge in [0.05, 0.1) is 6.54 Å². The lowest BCUT2D eigenvalue weighted by Crippen LogP contribution is -2.42. The summed E-state index contributed by atoms with van der Waals surface area (Å²) in [6.45, 7) is 8.93. The van der Waals surface area contributed by atoms with Crippen molar-refractivity contribution < 1.29 is 14.4 Å². The molecule has 5 heteroatoms. The van der Waals surface area contributed by atoms with E-state index in [1.165, 1.54) is 5.56 Å². The van der Waals surface area contributed by atoms with Crippen LogP contribution in [0.4, 0.5) is 4.79 Å². The molecule has 0 spiro atoms. The molecule has 0 bridgehead atoms. The topological polar surface area (TPSA) is 66.5 Å². The molecule has 130 valence electrons. The number of amides is 3. The Hall–Kier alpha value is -2.17. The van der Waals surface area contributed by atoms with Gasteiger partial charge in [-0.1, -0.05) is 58.4 Å². The molecule has 0 aliphatic carbocycles. The number of imide groups is 1. The molecular formula is C19H26N2O3. The maximum absolute atomic E-state index is 12.8. The highest BCUT2D eigenvalue weighted by Crippen LogP contribution is 2.30. The number of nitrogens with one attached hydrogen (secondary N) is 1. The third kappa shape index (κ3) is 3.35. The largest absolute Gasteiger partial charge is 0.325 e. The van der Waals surface area contributed by atoms with Crippen LogP contribution in [-0.2, 0) is 21.5 Å². The zero-order valence-electron chi connectivity index (χ0n) is 15.1. The molecule has 5 nitrogen and oxygen atoms in total. The van der Waals surface area contributed by atoms with Crippen molar-refractivity contribution in [2.75, 3.05) is 6.54 Å². The van der Waals surface area contributed by atoms with Gasteiger partial charge in [-0.3, -0.25) is 14.5 Å². The number of urea groups is 1. The quantitative estimate of drug-likeness (QED) is 0.844. The van der Waals surface area contributed by atoms with Gasteiger partial charge >= 0.3 is 6.03 Å². The van der Waals surface area contributed by atoms with Gasteiger partial charge in [0.15, 0.2) is 5.78 Å². The SMILES string of the molecule is CCCc1ccc([C@]2(C)NC(=O)N(CC(=O)C(C)(C)C)C2=O)cc1. The normalized spacial score (nSPS) is 21.1. The Labute approximate surface area is 143 Å². The fourth-order valence-corrected chi connectivity index (χ4v) is 2.71. The van der Waals surface area contributed by atoms with Crippen LogP contribution in [0.5, 0.6) is 0 Å². The van der Waals surface area contributed by atoms with Crippen molar-refractivity contribution in [1.29, 1.82) is 0 Å². The number of benzene rings is 1. The third-order valence-electron chi connectivity index (χ3n) is 4.48. The molecule has 24 heavy (non-hydrogen) atoms. The Morgan fingerprint density at radius 3 is 2.25 bits per heavy atom. The second-order valence-corrected chi connectivity index (χ2v) is 7.57. The molecule has 1 aromatic carbocycles. The van der Waals surface area contributed by atoms with Gasteiger partial charge in [-0.15, -0.1) is 0 Å². The van der Waals surface area contributed by atoms with E-state index in [9.17, 15) is 14.4 Å². The molecule has 1 aliphatic heterocycles. The van der Waals surface area contributed by atoms with Crippen molar-refractivity contribution in [3.63, 3.8) is 0 Å². The van der Waals surface area contributed by atoms with Crippen molar-refractivity contribution in [2.24, 2.45) is 5.41 Å². The number of ketones is 1. The van der Waals surface area contributed by atoms with E-state index in [1.807, 2.05) is 24.3 Å². The van der Waals surface area contributed by atoms with Crippen LogP contribution in [0.25, 0.3) is 0 Å². The summed E-state index contributed by atoms with van der Waals surface area (Å²) in [7, 11) is 0. The van der Waals surface area contributed by atoms with E-state index in [2.05, 4.69) is 12.2 Å². The highest BCUT2D eigenvalue weighted by atomic mass is 16.2. The van der Waals surface area contributed by atoms with Crippen molar-refractivity contribution in [1.82, 2.24) is 10.2 Å². The van der Waals surface area contributed by atoms with Gasteiger partial charge in [0.1, 0.15) is 5.54 Å². The minimum atomic E-state index is -1.13. The van der Waals surface area contributed by atoms with Gasteiger partial charge in [0.25, 0.3) is 5.91 Å². The predicted molar refractivity (Wildman–Crippen MR) is 92.5 cm³/mol. The summed E-state index contributed by atoms with van der Waals surface area (Å²) in [5.41, 5.74) is 0.203. The summed E-state index contributed by atoms with van der Waals surface area (Å²) in [4.78, 5) is 38.3. The first-order valence-electron chi connectivity index (χ1n) is 8.36. The molecule has 1 aliphatic rings. The lowest BCUT2D eigenvalue weighted by atomic mass is 9.89. The molecule has 1 aromatic rings. The number of rotatable bonds is 5. The molecule has 0 aromatic heterocycles. The smallest absolute Gasteiger partial charge is 0.319 e. The molecule has 0 unspecified atom stereocenters. The number of hydrogen-bond acceptors (Lipinski definition) is 3. The number of carbonyl (C=O) groups is 3. The Morgan fingerprint density at radius 1 is 1.17 bits per heavy atom. The van der Waals surface area contributed by atoms with Crippen molar-refractivity contribution >= 4 is 17.7 Å². The minimum absolute atomic E-state index is 0.145. The molecule has 1 saturated heterocycles. The summed E-state index contributed by atoms with van der Waals surface area (Å²) in [6, 6.07) is 7.19. The Morgan fingerprint density at radius 2 is 1.75 bits per heavy atom. The maximum Gasteiger partial charge on any atom is 0.325 e. The van der Waals surface area contributed by atoms with Crippen LogP contribution >= 0.6 is 0 Å². The van der Waals surface area contributed by atoms with E-state index in [0.29, 0.717) is 0 Å². The summed E-state index contributed by atoms with van der Waals surface area (Å²) in [5.74, 6) is -0.526. The van der Waals surface area contributed by atoms with Crippen LogP contribution in [0, 0.1) is 5.41 Å². The van der Waals surface area contributed by atoms with E-state index in [4.69, 9.17) is 0 Å². The summed E-state index contributed by atoms with van der Waals surface area (Å²) in [6.07, 6.45) is 2.03. The van der Waals surface area contributed by atoms with Gasteiger partial charge < -0.3 is 5.32 Å². The molecule has 1 heterocycles. The van der Waals surface area contributed by atoms with Crippen molar-refractivity contribution in [2.45, 2.75) is 53.0 Å². The fraction of sp³-hybridized carbons (Fsp3) is 0.526. The highest BCUT2D eigenvalue weighted by Gasteiger charge is 2.49. The molecule has 2 rings (SSSR count). The Balaban J connectivity index is 2.24. The summed E-state index contributed by atoms with van der Waals surface area (Å²) in [5, 5.41) is 2.74. The summed E-state index contributed by atoms with van der Waals surface area (Å²) >= 11 is 0. The molecule has 3 amide bonds. The number of aryl methyl sites for hydroxylation is 1. The number of carbonyl (C=O) groups excluding carboxylic acids is 3. The number of hydrogen-bond donors (Lipinski definition) is 1. The first-order chi connectivity index (χ1) is 11.1. The van der Waals surface area contributed by atoms with Crippen molar-refractivity contribution in [3.05, 3.63) is 35.4 Å². The molecular weight excluding hydrogens is 304 g/mol. The highest BCUT2D eigenvalue weighted by molar-refractivity contribution is 6.09. The van der Waals surface area contributed by atoms with Gasteiger partial charge in [0, 0.05) is 5.41 Å². The maximum atomic E-state index is 12.8. The lowest BCUT2D eigenvalue weighted by molar-refractivity contribution is -0.136. The molecule has 1 fully saturated rings. The second kappa shape index (κ2) is 6.38. The summed E-state index contributed by atoms with van der Waals surface area (Å²) < 4.78 is 0. The van der Waals surface area contributed by atoms with E-state index < -0.39 is 17.0 Å². The molecule has 1 atom stereocenters. The van der Waals surface area contributed by atoms with Crippen LogP contribution in [0.3, 0.4) is 0 Å². The van der Waals surface area contributed by atoms with Gasteiger partial charge in [-0.25, -0.2) is 4.79 Å². The van der Waals surface area contributed by atoms with Crippen molar-refractivity contribution in [3.8, 4) is 0 Å². The van der Waals surface area contributed by atoms with Crippen LogP contribution < -0.4 is 5.32 Å². The fourth-order valence-electron chi connectivity index (χ4n) is 2.71. The zero-order chi connectivity index (χ0) is 18.1. The molecule has 1 N–H and O–H groups in total. The van der Waals surface area contributed by atoms with Crippen LogP contribution in [0.2, 0.25) is 0 Å². The molecule has 0 saturated carbocycles. The average molecular weight is 330 g/mol. The standard InChI is InChI=1S/C19H26N2O3/c1-6-7-13-8-10-14(11-9-13)19(5)16(23)21(17(24)20-19)12-15(22)18(2,3)4/h8-11H,6-7,12H2,1-5H3,(H,20,24)/t19-/m0/s1. The van der Waals surface area contributed by atoms with E-state index >= 15 is 0 Å².